The maximum atomic E-state index is 15.0. The summed E-state index contributed by atoms with van der Waals surface area (Å²) in [4.78, 5) is 31.5. The SMILES string of the molecule is Cc1cnc(CC(=O)N2CC(F)CC2C(=O)NC(c2ccccc2)c2ccc(C3CC(F)(F)C3)c(F)c2)o1. The molecule has 5 rings (SSSR count). The van der Waals surface area contributed by atoms with Crippen molar-refractivity contribution in [1.82, 2.24) is 15.2 Å². The quantitative estimate of drug-likeness (QED) is 0.436. The molecule has 1 aliphatic carbocycles. The monoisotopic (exact) mass is 529 g/mol. The lowest BCUT2D eigenvalue weighted by molar-refractivity contribution is -0.138. The van der Waals surface area contributed by atoms with Crippen LogP contribution in [-0.4, -0.2) is 46.4 Å². The summed E-state index contributed by atoms with van der Waals surface area (Å²) in [5, 5.41) is 2.86. The summed E-state index contributed by atoms with van der Waals surface area (Å²) < 4.78 is 61.5. The molecular formula is C28H27F4N3O3. The Morgan fingerprint density at radius 2 is 1.89 bits per heavy atom. The number of amides is 2. The molecule has 1 saturated heterocycles. The predicted molar refractivity (Wildman–Crippen MR) is 130 cm³/mol. The fourth-order valence-electron chi connectivity index (χ4n) is 5.20. The smallest absolute Gasteiger partial charge is 0.249 e. The normalized spacial score (nSPS) is 21.7. The van der Waals surface area contributed by atoms with Gasteiger partial charge in [-0.3, -0.25) is 9.59 Å². The van der Waals surface area contributed by atoms with E-state index in [1.165, 1.54) is 23.2 Å². The Morgan fingerprint density at radius 1 is 1.16 bits per heavy atom. The van der Waals surface area contributed by atoms with Gasteiger partial charge < -0.3 is 14.6 Å². The zero-order valence-electron chi connectivity index (χ0n) is 20.7. The van der Waals surface area contributed by atoms with Gasteiger partial charge in [-0.2, -0.15) is 0 Å². The standard InChI is InChI=1S/C28H27F4N3O3/c1-16-14-33-24(38-16)11-25(36)35-15-20(29)10-23(35)27(37)34-26(17-5-3-2-4-6-17)18-7-8-21(22(30)9-18)19-12-28(31,32)13-19/h2-9,14,19-20,23,26H,10-13,15H2,1H3,(H,34,37). The van der Waals surface area contributed by atoms with E-state index in [0.29, 0.717) is 16.9 Å². The van der Waals surface area contributed by atoms with Crippen LogP contribution in [0.5, 0.6) is 0 Å². The first-order valence-corrected chi connectivity index (χ1v) is 12.5. The Hall–Kier alpha value is -3.69. The summed E-state index contributed by atoms with van der Waals surface area (Å²) in [6, 6.07) is 11.3. The number of oxazole rings is 1. The topological polar surface area (TPSA) is 75.4 Å². The van der Waals surface area contributed by atoms with Gasteiger partial charge in [-0.05, 0) is 35.6 Å². The maximum absolute atomic E-state index is 15.0. The summed E-state index contributed by atoms with van der Waals surface area (Å²) in [6.07, 6.45) is -1.09. The molecule has 1 saturated carbocycles. The summed E-state index contributed by atoms with van der Waals surface area (Å²) in [5.74, 6) is -4.33. The third-order valence-corrected chi connectivity index (χ3v) is 7.15. The van der Waals surface area contributed by atoms with Crippen molar-refractivity contribution in [3.05, 3.63) is 88.9 Å². The Bertz CT molecular complexity index is 1320. The van der Waals surface area contributed by atoms with Crippen molar-refractivity contribution in [3.8, 4) is 0 Å². The number of alkyl halides is 3. The fraction of sp³-hybridized carbons (Fsp3) is 0.393. The molecule has 200 valence electrons. The molecule has 2 amide bonds. The van der Waals surface area contributed by atoms with Crippen LogP contribution in [0.1, 0.15) is 59.6 Å². The highest BCUT2D eigenvalue weighted by Gasteiger charge is 2.47. The van der Waals surface area contributed by atoms with Crippen LogP contribution in [0.2, 0.25) is 0 Å². The molecule has 1 N–H and O–H groups in total. The van der Waals surface area contributed by atoms with Gasteiger partial charge in [0.15, 0.2) is 0 Å². The summed E-state index contributed by atoms with van der Waals surface area (Å²) in [7, 11) is 0. The number of nitrogens with zero attached hydrogens (tertiary/aromatic N) is 2. The van der Waals surface area contributed by atoms with Crippen LogP contribution in [0.3, 0.4) is 0 Å². The van der Waals surface area contributed by atoms with E-state index < -0.39 is 60.6 Å². The van der Waals surface area contributed by atoms with E-state index in [4.69, 9.17) is 4.42 Å². The van der Waals surface area contributed by atoms with Crippen LogP contribution in [0.25, 0.3) is 0 Å². The summed E-state index contributed by atoms with van der Waals surface area (Å²) in [6.45, 7) is 1.45. The average molecular weight is 530 g/mol. The van der Waals surface area contributed by atoms with E-state index >= 15 is 4.39 Å². The van der Waals surface area contributed by atoms with Gasteiger partial charge in [-0.1, -0.05) is 42.5 Å². The molecule has 10 heteroatoms. The Kier molecular flexibility index (Phi) is 6.98. The van der Waals surface area contributed by atoms with Crippen molar-refractivity contribution in [1.29, 1.82) is 0 Å². The van der Waals surface area contributed by atoms with Gasteiger partial charge >= 0.3 is 0 Å². The minimum Gasteiger partial charge on any atom is -0.445 e. The van der Waals surface area contributed by atoms with Gasteiger partial charge in [0.05, 0.1) is 18.8 Å². The first-order valence-electron chi connectivity index (χ1n) is 12.5. The van der Waals surface area contributed by atoms with Crippen LogP contribution in [0.4, 0.5) is 17.6 Å². The molecule has 2 fully saturated rings. The van der Waals surface area contributed by atoms with Crippen molar-refractivity contribution >= 4 is 11.8 Å². The molecular weight excluding hydrogens is 502 g/mol. The van der Waals surface area contributed by atoms with Crippen molar-refractivity contribution in [2.75, 3.05) is 6.54 Å². The lowest BCUT2D eigenvalue weighted by atomic mass is 9.76. The molecule has 0 spiro atoms. The number of aryl methyl sites for hydroxylation is 1. The summed E-state index contributed by atoms with van der Waals surface area (Å²) >= 11 is 0. The highest BCUT2D eigenvalue weighted by molar-refractivity contribution is 5.89. The fourth-order valence-corrected chi connectivity index (χ4v) is 5.20. The minimum atomic E-state index is -2.78. The van der Waals surface area contributed by atoms with E-state index in [1.807, 2.05) is 0 Å². The number of carbonyl (C=O) groups is 2. The number of nitrogens with one attached hydrogen (secondary N) is 1. The van der Waals surface area contributed by atoms with Crippen LogP contribution < -0.4 is 5.32 Å². The van der Waals surface area contributed by atoms with Crippen molar-refractivity contribution in [2.24, 2.45) is 0 Å². The molecule has 1 aliphatic heterocycles. The van der Waals surface area contributed by atoms with Gasteiger partial charge in [0.25, 0.3) is 0 Å². The third kappa shape index (κ3) is 5.44. The van der Waals surface area contributed by atoms with Gasteiger partial charge in [0.2, 0.25) is 23.6 Å². The van der Waals surface area contributed by atoms with Gasteiger partial charge in [-0.25, -0.2) is 22.5 Å². The molecule has 3 unspecified atom stereocenters. The number of likely N-dealkylation sites (tertiary alicyclic amines) is 1. The van der Waals surface area contributed by atoms with E-state index in [9.17, 15) is 22.8 Å². The molecule has 2 heterocycles. The second-order valence-electron chi connectivity index (χ2n) is 10.0. The Morgan fingerprint density at radius 3 is 2.53 bits per heavy atom. The number of aromatic nitrogens is 1. The zero-order valence-corrected chi connectivity index (χ0v) is 20.7. The number of rotatable bonds is 7. The lowest BCUT2D eigenvalue weighted by Crippen LogP contribution is -2.47. The van der Waals surface area contributed by atoms with Gasteiger partial charge in [0, 0.05) is 19.3 Å². The van der Waals surface area contributed by atoms with Crippen molar-refractivity contribution in [3.63, 3.8) is 0 Å². The van der Waals surface area contributed by atoms with Gasteiger partial charge in [0.1, 0.15) is 30.2 Å². The number of hydrogen-bond acceptors (Lipinski definition) is 4. The second kappa shape index (κ2) is 10.2. The molecule has 1 aromatic heterocycles. The van der Waals surface area contributed by atoms with E-state index in [-0.39, 0.29) is 30.8 Å². The predicted octanol–water partition coefficient (Wildman–Crippen LogP) is 5.02. The first-order chi connectivity index (χ1) is 18.1. The molecule has 2 aromatic carbocycles. The first kappa shape index (κ1) is 25.9. The third-order valence-electron chi connectivity index (χ3n) is 7.15. The molecule has 0 radical (unpaired) electrons. The second-order valence-corrected chi connectivity index (χ2v) is 10.0. The zero-order chi connectivity index (χ0) is 27.0. The average Bonchev–Trinajstić information content (AvgIpc) is 3.46. The Labute approximate surface area is 217 Å². The van der Waals surface area contributed by atoms with E-state index in [2.05, 4.69) is 10.3 Å². The molecule has 2 aliphatic rings. The molecule has 3 aromatic rings. The summed E-state index contributed by atoms with van der Waals surface area (Å²) in [5.41, 5.74) is 1.26. The number of halogens is 4. The number of benzene rings is 2. The van der Waals surface area contributed by atoms with Crippen molar-refractivity contribution < 1.29 is 31.6 Å². The van der Waals surface area contributed by atoms with E-state index in [1.54, 1.807) is 43.3 Å². The highest BCUT2D eigenvalue weighted by Crippen LogP contribution is 2.49. The van der Waals surface area contributed by atoms with Crippen LogP contribution in [0, 0.1) is 12.7 Å². The molecule has 6 nitrogen and oxygen atoms in total. The highest BCUT2D eigenvalue weighted by atomic mass is 19.3. The molecule has 0 bridgehead atoms. The van der Waals surface area contributed by atoms with Crippen LogP contribution in [0.15, 0.2) is 59.1 Å². The lowest BCUT2D eigenvalue weighted by Gasteiger charge is -2.35. The van der Waals surface area contributed by atoms with Crippen molar-refractivity contribution in [2.45, 2.75) is 62.7 Å². The van der Waals surface area contributed by atoms with Crippen LogP contribution in [-0.2, 0) is 16.0 Å². The number of carbonyl (C=O) groups excluding carboxylic acids is 2. The molecule has 38 heavy (non-hydrogen) atoms. The van der Waals surface area contributed by atoms with Gasteiger partial charge in [-0.15, -0.1) is 0 Å². The minimum absolute atomic E-state index is 0.174. The molecule has 3 atom stereocenters. The van der Waals surface area contributed by atoms with E-state index in [0.717, 1.165) is 0 Å². The number of hydrogen-bond donors (Lipinski definition) is 1. The Balaban J connectivity index is 1.37. The largest absolute Gasteiger partial charge is 0.445 e. The van der Waals surface area contributed by atoms with Crippen LogP contribution >= 0.6 is 0 Å². The maximum Gasteiger partial charge on any atom is 0.249 e.